The van der Waals surface area contributed by atoms with E-state index in [9.17, 15) is 4.79 Å². The average Bonchev–Trinajstić information content (AvgIpc) is 3.15. The Morgan fingerprint density at radius 1 is 1.21 bits per heavy atom. The third-order valence-electron chi connectivity index (χ3n) is 5.35. The molecule has 0 bridgehead atoms. The normalized spacial score (nSPS) is 15.3. The summed E-state index contributed by atoms with van der Waals surface area (Å²) in [7, 11) is 0. The van der Waals surface area contributed by atoms with Gasteiger partial charge in [0.15, 0.2) is 4.96 Å². The summed E-state index contributed by atoms with van der Waals surface area (Å²) < 4.78 is 2.20. The summed E-state index contributed by atoms with van der Waals surface area (Å²) in [5.41, 5.74) is 4.72. The van der Waals surface area contributed by atoms with Crippen LogP contribution in [0.15, 0.2) is 30.5 Å². The molecule has 148 valence electrons. The summed E-state index contributed by atoms with van der Waals surface area (Å²) in [6, 6.07) is 8.62. The van der Waals surface area contributed by atoms with Crippen LogP contribution in [0.25, 0.3) is 4.96 Å². The van der Waals surface area contributed by atoms with Crippen LogP contribution in [0.3, 0.4) is 0 Å². The molecule has 1 N–H and O–H groups in total. The highest BCUT2D eigenvalue weighted by molar-refractivity contribution is 7.17. The van der Waals surface area contributed by atoms with E-state index in [1.807, 2.05) is 4.90 Å². The van der Waals surface area contributed by atoms with Crippen molar-refractivity contribution in [3.05, 3.63) is 52.3 Å². The topological polar surface area (TPSA) is 52.9 Å². The first-order chi connectivity index (χ1) is 13.5. The van der Waals surface area contributed by atoms with Gasteiger partial charge >= 0.3 is 0 Å². The number of carbonyl (C=O) groups excluding carboxylic acids is 1. The smallest absolute Gasteiger partial charge is 0.219 e. The molecule has 1 aromatic carbocycles. The number of hydrogen-bond acceptors (Lipinski definition) is 5. The minimum absolute atomic E-state index is 0.177. The molecule has 0 spiro atoms. The fourth-order valence-corrected chi connectivity index (χ4v) is 4.66. The van der Waals surface area contributed by atoms with Gasteiger partial charge in [0.1, 0.15) is 0 Å². The molecule has 7 heteroatoms. The number of imidazole rings is 1. The van der Waals surface area contributed by atoms with Crippen LogP contribution in [-0.2, 0) is 17.9 Å². The number of thiazole rings is 1. The van der Waals surface area contributed by atoms with E-state index in [2.05, 4.69) is 63.9 Å². The Labute approximate surface area is 169 Å². The molecule has 1 aliphatic heterocycles. The Kier molecular flexibility index (Phi) is 5.37. The van der Waals surface area contributed by atoms with Crippen molar-refractivity contribution < 1.29 is 4.79 Å². The van der Waals surface area contributed by atoms with Crippen molar-refractivity contribution in [3.8, 4) is 0 Å². The summed E-state index contributed by atoms with van der Waals surface area (Å²) in [5.74, 6) is 0.177. The highest BCUT2D eigenvalue weighted by atomic mass is 32.1. The first-order valence-corrected chi connectivity index (χ1v) is 10.6. The number of fused-ring (bicyclic) bond motifs is 1. The van der Waals surface area contributed by atoms with Crippen molar-refractivity contribution in [2.75, 3.05) is 31.5 Å². The molecule has 0 atom stereocenters. The molecule has 1 fully saturated rings. The van der Waals surface area contributed by atoms with Crippen molar-refractivity contribution in [2.24, 2.45) is 0 Å². The van der Waals surface area contributed by atoms with Gasteiger partial charge in [-0.3, -0.25) is 14.1 Å². The van der Waals surface area contributed by atoms with Gasteiger partial charge in [0.25, 0.3) is 0 Å². The number of piperazine rings is 1. The molecule has 0 saturated carbocycles. The number of hydrogen-bond donors (Lipinski definition) is 1. The van der Waals surface area contributed by atoms with Crippen molar-refractivity contribution >= 4 is 27.9 Å². The molecule has 28 heavy (non-hydrogen) atoms. The maximum atomic E-state index is 11.5. The first kappa shape index (κ1) is 19.0. The van der Waals surface area contributed by atoms with Crippen LogP contribution in [0, 0.1) is 13.8 Å². The first-order valence-electron chi connectivity index (χ1n) is 9.74. The minimum Gasteiger partial charge on any atom is -0.379 e. The monoisotopic (exact) mass is 397 g/mol. The number of nitrogens with one attached hydrogen (secondary N) is 1. The second kappa shape index (κ2) is 7.93. The minimum atomic E-state index is 0.177. The lowest BCUT2D eigenvalue weighted by molar-refractivity contribution is -0.130. The number of benzene rings is 1. The lowest BCUT2D eigenvalue weighted by Gasteiger charge is -2.34. The van der Waals surface area contributed by atoms with Crippen LogP contribution in [0.4, 0.5) is 5.69 Å². The summed E-state index contributed by atoms with van der Waals surface area (Å²) in [5, 5.41) is 3.56. The van der Waals surface area contributed by atoms with Crippen LogP contribution >= 0.6 is 11.3 Å². The van der Waals surface area contributed by atoms with E-state index in [1.165, 1.54) is 16.1 Å². The Morgan fingerprint density at radius 3 is 2.75 bits per heavy atom. The second-order valence-electron chi connectivity index (χ2n) is 7.47. The van der Waals surface area contributed by atoms with Crippen LogP contribution in [0.5, 0.6) is 0 Å². The third-order valence-corrected chi connectivity index (χ3v) is 6.25. The van der Waals surface area contributed by atoms with Gasteiger partial charge < -0.3 is 10.2 Å². The molecule has 2 aromatic heterocycles. The number of aryl methyl sites for hydroxylation is 2. The zero-order chi connectivity index (χ0) is 19.7. The van der Waals surface area contributed by atoms with Crippen molar-refractivity contribution in [1.29, 1.82) is 0 Å². The maximum absolute atomic E-state index is 11.5. The lowest BCUT2D eigenvalue weighted by atomic mass is 10.1. The molecule has 3 aromatic rings. The maximum Gasteiger partial charge on any atom is 0.219 e. The molecular weight excluding hydrogens is 370 g/mol. The predicted octanol–water partition coefficient (Wildman–Crippen LogP) is 3.29. The molecule has 0 unspecified atom stereocenters. The quantitative estimate of drug-likeness (QED) is 0.718. The Hall–Kier alpha value is -2.38. The van der Waals surface area contributed by atoms with E-state index in [0.29, 0.717) is 0 Å². The zero-order valence-electron chi connectivity index (χ0n) is 16.7. The van der Waals surface area contributed by atoms with Crippen molar-refractivity contribution in [2.45, 2.75) is 33.9 Å². The van der Waals surface area contributed by atoms with E-state index in [0.717, 1.165) is 55.6 Å². The fraction of sp³-hybridized carbons (Fsp3) is 0.429. The van der Waals surface area contributed by atoms with Crippen molar-refractivity contribution in [3.63, 3.8) is 0 Å². The van der Waals surface area contributed by atoms with E-state index >= 15 is 0 Å². The van der Waals surface area contributed by atoms with Crippen LogP contribution in [0.1, 0.15) is 28.8 Å². The summed E-state index contributed by atoms with van der Waals surface area (Å²) in [4.78, 5) is 22.8. The predicted molar refractivity (Wildman–Crippen MR) is 114 cm³/mol. The molecule has 0 radical (unpaired) electrons. The number of rotatable bonds is 5. The van der Waals surface area contributed by atoms with Gasteiger partial charge in [-0.05, 0) is 31.5 Å². The van der Waals surface area contributed by atoms with Crippen molar-refractivity contribution in [1.82, 2.24) is 19.2 Å². The SMILES string of the molecule is CC(=O)N1CCN(Cc2cccc(NCc3c(C)nc4sc(C)cn34)c2)CC1. The largest absolute Gasteiger partial charge is 0.379 e. The van der Waals surface area contributed by atoms with E-state index < -0.39 is 0 Å². The molecule has 0 aliphatic carbocycles. The van der Waals surface area contributed by atoms with Crippen LogP contribution in [0.2, 0.25) is 0 Å². The fourth-order valence-electron chi connectivity index (χ4n) is 3.77. The summed E-state index contributed by atoms with van der Waals surface area (Å²) in [6.45, 7) is 11.0. The third kappa shape index (κ3) is 4.05. The number of anilines is 1. The summed E-state index contributed by atoms with van der Waals surface area (Å²) in [6.07, 6.45) is 2.16. The van der Waals surface area contributed by atoms with Gasteiger partial charge in [-0.1, -0.05) is 12.1 Å². The van der Waals surface area contributed by atoms with E-state index in [4.69, 9.17) is 0 Å². The number of carbonyl (C=O) groups is 1. The molecular formula is C21H27N5OS. The van der Waals surface area contributed by atoms with E-state index in [-0.39, 0.29) is 5.91 Å². The van der Waals surface area contributed by atoms with Gasteiger partial charge in [0, 0.05) is 56.4 Å². The molecule has 3 heterocycles. The Bertz CT molecular complexity index is 984. The lowest BCUT2D eigenvalue weighted by Crippen LogP contribution is -2.47. The highest BCUT2D eigenvalue weighted by Crippen LogP contribution is 2.22. The molecule has 1 aliphatic rings. The Morgan fingerprint density at radius 2 is 2.00 bits per heavy atom. The Balaban J connectivity index is 1.39. The molecule has 1 saturated heterocycles. The number of amides is 1. The van der Waals surface area contributed by atoms with Gasteiger partial charge in [-0.25, -0.2) is 4.98 Å². The van der Waals surface area contributed by atoms with Gasteiger partial charge in [0.05, 0.1) is 17.9 Å². The highest BCUT2D eigenvalue weighted by Gasteiger charge is 2.18. The zero-order valence-corrected chi connectivity index (χ0v) is 17.6. The molecule has 1 amide bonds. The van der Waals surface area contributed by atoms with Crippen LogP contribution in [-0.4, -0.2) is 51.3 Å². The van der Waals surface area contributed by atoms with E-state index in [1.54, 1.807) is 18.3 Å². The van der Waals surface area contributed by atoms with Gasteiger partial charge in [-0.2, -0.15) is 0 Å². The number of aromatic nitrogens is 2. The van der Waals surface area contributed by atoms with Gasteiger partial charge in [0.2, 0.25) is 5.91 Å². The average molecular weight is 398 g/mol. The summed E-state index contributed by atoms with van der Waals surface area (Å²) >= 11 is 1.73. The molecule has 6 nitrogen and oxygen atoms in total. The van der Waals surface area contributed by atoms with Gasteiger partial charge in [-0.15, -0.1) is 11.3 Å². The van der Waals surface area contributed by atoms with Crippen LogP contribution < -0.4 is 5.32 Å². The molecule has 4 rings (SSSR count). The number of nitrogens with zero attached hydrogens (tertiary/aromatic N) is 4. The second-order valence-corrected chi connectivity index (χ2v) is 8.69. The standard InChI is InChI=1S/C21H27N5OS/c1-15-13-26-20(16(2)23-21(26)28-15)12-22-19-6-4-5-18(11-19)14-24-7-9-25(10-8-24)17(3)27/h4-6,11,13,22H,7-10,12,14H2,1-3H3.